The Hall–Kier alpha value is -2.66. The van der Waals surface area contributed by atoms with Crippen molar-refractivity contribution in [1.82, 2.24) is 10.3 Å². The molecule has 0 unspecified atom stereocenters. The molecule has 24 heavy (non-hydrogen) atoms. The Bertz CT molecular complexity index is 815. The van der Waals surface area contributed by atoms with Gasteiger partial charge in [-0.2, -0.15) is 0 Å². The van der Waals surface area contributed by atoms with Crippen LogP contribution in [0.2, 0.25) is 0 Å². The van der Waals surface area contributed by atoms with Gasteiger partial charge in [-0.05, 0) is 30.7 Å². The Balaban J connectivity index is 1.58. The summed E-state index contributed by atoms with van der Waals surface area (Å²) < 4.78 is 5.72. The highest BCUT2D eigenvalue weighted by atomic mass is 32.1. The number of nitrogens with zero attached hydrogens (tertiary/aromatic N) is 1. The van der Waals surface area contributed by atoms with E-state index in [1.54, 1.807) is 23.5 Å². The molecule has 0 saturated carbocycles. The molecule has 0 aliphatic carbocycles. The second-order valence-corrected chi connectivity index (χ2v) is 6.40. The Kier molecular flexibility index (Phi) is 5.23. The average molecular weight is 338 g/mol. The number of rotatable bonds is 6. The normalized spacial score (nSPS) is 10.4. The molecule has 1 N–H and O–H groups in total. The molecule has 3 aromatic rings. The van der Waals surface area contributed by atoms with Crippen molar-refractivity contribution in [1.29, 1.82) is 0 Å². The van der Waals surface area contributed by atoms with Crippen LogP contribution in [0.15, 0.2) is 60.0 Å². The number of ether oxygens (including phenoxy) is 1. The average Bonchev–Trinajstić information content (AvgIpc) is 3.04. The van der Waals surface area contributed by atoms with E-state index in [9.17, 15) is 4.79 Å². The number of carbonyl (C=O) groups excluding carboxylic acids is 1. The second-order valence-electron chi connectivity index (χ2n) is 5.34. The summed E-state index contributed by atoms with van der Waals surface area (Å²) in [5.41, 5.74) is 2.55. The smallest absolute Gasteiger partial charge is 0.251 e. The summed E-state index contributed by atoms with van der Waals surface area (Å²) >= 11 is 1.60. The van der Waals surface area contributed by atoms with Gasteiger partial charge >= 0.3 is 0 Å². The van der Waals surface area contributed by atoms with Gasteiger partial charge in [0.1, 0.15) is 12.4 Å². The van der Waals surface area contributed by atoms with E-state index in [0.29, 0.717) is 24.5 Å². The SMILES string of the molecule is Cc1nc(COc2cccc(C(=O)NCc3ccccc3)c2)cs1. The first-order chi connectivity index (χ1) is 11.7. The van der Waals surface area contributed by atoms with E-state index in [-0.39, 0.29) is 5.91 Å². The van der Waals surface area contributed by atoms with Crippen molar-refractivity contribution in [3.05, 3.63) is 81.8 Å². The molecular formula is C19H18N2O2S. The van der Waals surface area contributed by atoms with E-state index < -0.39 is 0 Å². The molecule has 0 saturated heterocycles. The predicted octanol–water partition coefficient (Wildman–Crippen LogP) is 3.96. The molecule has 3 rings (SSSR count). The van der Waals surface area contributed by atoms with Crippen LogP contribution in [-0.4, -0.2) is 10.9 Å². The fourth-order valence-corrected chi connectivity index (χ4v) is 2.84. The highest BCUT2D eigenvalue weighted by Gasteiger charge is 2.07. The molecule has 0 bridgehead atoms. The number of hydrogen-bond acceptors (Lipinski definition) is 4. The maximum atomic E-state index is 12.3. The zero-order valence-electron chi connectivity index (χ0n) is 13.4. The first-order valence-corrected chi connectivity index (χ1v) is 8.55. The van der Waals surface area contributed by atoms with Crippen molar-refractivity contribution >= 4 is 17.2 Å². The van der Waals surface area contributed by atoms with Crippen LogP contribution in [0.1, 0.15) is 26.6 Å². The molecule has 1 heterocycles. The lowest BCUT2D eigenvalue weighted by atomic mass is 10.2. The molecule has 122 valence electrons. The van der Waals surface area contributed by atoms with Crippen LogP contribution < -0.4 is 10.1 Å². The largest absolute Gasteiger partial charge is 0.487 e. The summed E-state index contributed by atoms with van der Waals surface area (Å²) in [7, 11) is 0. The number of hydrogen-bond donors (Lipinski definition) is 1. The zero-order valence-corrected chi connectivity index (χ0v) is 14.2. The molecule has 0 aliphatic heterocycles. The van der Waals surface area contributed by atoms with Gasteiger partial charge in [-0.25, -0.2) is 4.98 Å². The van der Waals surface area contributed by atoms with Gasteiger partial charge in [-0.15, -0.1) is 11.3 Å². The highest BCUT2D eigenvalue weighted by molar-refractivity contribution is 7.09. The third kappa shape index (κ3) is 4.43. The topological polar surface area (TPSA) is 51.2 Å². The van der Waals surface area contributed by atoms with Crippen LogP contribution in [0.4, 0.5) is 0 Å². The van der Waals surface area contributed by atoms with E-state index in [2.05, 4.69) is 10.3 Å². The molecule has 0 aliphatic rings. The van der Waals surface area contributed by atoms with Crippen molar-refractivity contribution in [2.24, 2.45) is 0 Å². The maximum absolute atomic E-state index is 12.3. The third-order valence-corrected chi connectivity index (χ3v) is 4.27. The van der Waals surface area contributed by atoms with Crippen molar-refractivity contribution in [2.75, 3.05) is 0 Å². The van der Waals surface area contributed by atoms with E-state index in [1.807, 2.05) is 54.8 Å². The summed E-state index contributed by atoms with van der Waals surface area (Å²) in [6.07, 6.45) is 0. The van der Waals surface area contributed by atoms with Gasteiger partial charge in [0.05, 0.1) is 10.7 Å². The molecule has 5 heteroatoms. The Morgan fingerprint density at radius 2 is 2.00 bits per heavy atom. The lowest BCUT2D eigenvalue weighted by Crippen LogP contribution is -2.22. The fourth-order valence-electron chi connectivity index (χ4n) is 2.24. The zero-order chi connectivity index (χ0) is 16.8. The van der Waals surface area contributed by atoms with Crippen LogP contribution in [-0.2, 0) is 13.2 Å². The van der Waals surface area contributed by atoms with E-state index in [4.69, 9.17) is 4.74 Å². The molecular weight excluding hydrogens is 320 g/mol. The molecule has 0 spiro atoms. The molecule has 2 aromatic carbocycles. The minimum absolute atomic E-state index is 0.117. The van der Waals surface area contributed by atoms with Crippen molar-refractivity contribution in [3.63, 3.8) is 0 Å². The molecule has 1 aromatic heterocycles. The van der Waals surface area contributed by atoms with Crippen LogP contribution in [0, 0.1) is 6.92 Å². The Morgan fingerprint density at radius 3 is 2.75 bits per heavy atom. The second kappa shape index (κ2) is 7.75. The van der Waals surface area contributed by atoms with E-state index in [1.165, 1.54) is 0 Å². The summed E-state index contributed by atoms with van der Waals surface area (Å²) in [5.74, 6) is 0.543. The lowest BCUT2D eigenvalue weighted by Gasteiger charge is -2.08. The fraction of sp³-hybridized carbons (Fsp3) is 0.158. The molecule has 1 amide bonds. The number of aromatic nitrogens is 1. The quantitative estimate of drug-likeness (QED) is 0.740. The van der Waals surface area contributed by atoms with E-state index >= 15 is 0 Å². The Labute approximate surface area is 145 Å². The van der Waals surface area contributed by atoms with Crippen molar-refractivity contribution in [2.45, 2.75) is 20.1 Å². The predicted molar refractivity (Wildman–Crippen MR) is 95.2 cm³/mol. The third-order valence-electron chi connectivity index (χ3n) is 3.45. The van der Waals surface area contributed by atoms with Crippen LogP contribution in [0.3, 0.4) is 0 Å². The van der Waals surface area contributed by atoms with Gasteiger partial charge in [-0.1, -0.05) is 36.4 Å². The van der Waals surface area contributed by atoms with Gasteiger partial charge < -0.3 is 10.1 Å². The molecule has 0 fully saturated rings. The molecule has 0 radical (unpaired) electrons. The van der Waals surface area contributed by atoms with E-state index in [0.717, 1.165) is 16.3 Å². The van der Waals surface area contributed by atoms with Crippen molar-refractivity contribution in [3.8, 4) is 5.75 Å². The minimum atomic E-state index is -0.117. The number of carbonyl (C=O) groups is 1. The first kappa shape index (κ1) is 16.2. The monoisotopic (exact) mass is 338 g/mol. The first-order valence-electron chi connectivity index (χ1n) is 7.67. The van der Waals surface area contributed by atoms with Gasteiger partial charge in [-0.3, -0.25) is 4.79 Å². The standard InChI is InChI=1S/C19H18N2O2S/c1-14-21-17(13-24-14)12-23-18-9-5-8-16(10-18)19(22)20-11-15-6-3-2-4-7-15/h2-10,13H,11-12H2,1H3,(H,20,22). The number of thiazole rings is 1. The summed E-state index contributed by atoms with van der Waals surface area (Å²) in [5, 5.41) is 5.91. The summed E-state index contributed by atoms with van der Waals surface area (Å²) in [6, 6.07) is 17.0. The highest BCUT2D eigenvalue weighted by Crippen LogP contribution is 2.16. The number of aryl methyl sites for hydroxylation is 1. The number of benzene rings is 2. The Morgan fingerprint density at radius 1 is 1.17 bits per heavy atom. The lowest BCUT2D eigenvalue weighted by molar-refractivity contribution is 0.0950. The minimum Gasteiger partial charge on any atom is -0.487 e. The van der Waals surface area contributed by atoms with Crippen LogP contribution in [0.5, 0.6) is 5.75 Å². The van der Waals surface area contributed by atoms with Gasteiger partial charge in [0.25, 0.3) is 5.91 Å². The molecule has 0 atom stereocenters. The summed E-state index contributed by atoms with van der Waals surface area (Å²) in [4.78, 5) is 16.6. The van der Waals surface area contributed by atoms with Crippen LogP contribution in [0.25, 0.3) is 0 Å². The van der Waals surface area contributed by atoms with Gasteiger partial charge in [0, 0.05) is 17.5 Å². The molecule has 4 nitrogen and oxygen atoms in total. The number of nitrogens with one attached hydrogen (secondary N) is 1. The van der Waals surface area contributed by atoms with Gasteiger partial charge in [0.2, 0.25) is 0 Å². The maximum Gasteiger partial charge on any atom is 0.251 e. The van der Waals surface area contributed by atoms with Crippen LogP contribution >= 0.6 is 11.3 Å². The van der Waals surface area contributed by atoms with Gasteiger partial charge in [0.15, 0.2) is 0 Å². The summed E-state index contributed by atoms with van der Waals surface area (Å²) in [6.45, 7) is 2.87. The van der Waals surface area contributed by atoms with Crippen molar-refractivity contribution < 1.29 is 9.53 Å². The number of amides is 1.